The molecule has 0 saturated heterocycles. The Bertz CT molecular complexity index is 1090. The summed E-state index contributed by atoms with van der Waals surface area (Å²) in [5.74, 6) is -0.395. The number of H-pyrrole nitrogens is 1. The molecule has 2 heterocycles. The first-order valence-corrected chi connectivity index (χ1v) is 7.72. The molecule has 1 aromatic carbocycles. The normalized spacial score (nSPS) is 11.9. The molecule has 2 aromatic heterocycles. The molecular weight excluding hydrogens is 339 g/mol. The first kappa shape index (κ1) is 17.1. The van der Waals surface area contributed by atoms with Gasteiger partial charge >= 0.3 is 0 Å². The van der Waals surface area contributed by atoms with Crippen LogP contribution in [0.25, 0.3) is 10.9 Å². The number of anilines is 3. The highest BCUT2D eigenvalue weighted by molar-refractivity contribution is 5.78. The Hall–Kier alpha value is -3.74. The Labute approximate surface area is 146 Å². The lowest BCUT2D eigenvalue weighted by molar-refractivity contribution is 0.636. The van der Waals surface area contributed by atoms with Gasteiger partial charge in [-0.15, -0.1) is 0 Å². The first-order valence-electron chi connectivity index (χ1n) is 7.72. The average molecular weight is 354 g/mol. The Kier molecular flexibility index (Phi) is 4.36. The fourth-order valence-corrected chi connectivity index (χ4v) is 2.57. The number of hydrogen-bond acceptors (Lipinski definition) is 8. The van der Waals surface area contributed by atoms with Crippen molar-refractivity contribution in [3.05, 3.63) is 45.8 Å². The molecule has 0 saturated carbocycles. The van der Waals surface area contributed by atoms with Crippen LogP contribution >= 0.6 is 0 Å². The van der Waals surface area contributed by atoms with Gasteiger partial charge in [-0.05, 0) is 18.6 Å². The fraction of sp³-hybridized carbons (Fsp3) is 0.188. The van der Waals surface area contributed by atoms with Gasteiger partial charge in [-0.25, -0.2) is 9.37 Å². The summed E-state index contributed by atoms with van der Waals surface area (Å²) in [6.07, 6.45) is 0.485. The van der Waals surface area contributed by atoms with Gasteiger partial charge in [0.05, 0.1) is 11.6 Å². The molecule has 6 N–H and O–H groups in total. The number of nitrogen functional groups attached to an aromatic ring is 2. The van der Waals surface area contributed by atoms with Gasteiger partial charge in [-0.2, -0.15) is 15.2 Å². The molecule has 132 valence electrons. The van der Waals surface area contributed by atoms with Crippen molar-refractivity contribution in [1.29, 1.82) is 5.26 Å². The maximum Gasteiger partial charge on any atom is 0.261 e. The van der Waals surface area contributed by atoms with Crippen molar-refractivity contribution < 1.29 is 4.39 Å². The van der Waals surface area contributed by atoms with Crippen LogP contribution in [0.15, 0.2) is 23.0 Å². The molecule has 1 unspecified atom stereocenters. The number of nitrogens with one attached hydrogen (secondary N) is 2. The third-order valence-electron chi connectivity index (χ3n) is 3.82. The molecule has 0 radical (unpaired) electrons. The molecule has 0 aliphatic heterocycles. The highest BCUT2D eigenvalue weighted by Crippen LogP contribution is 2.25. The van der Waals surface area contributed by atoms with Crippen LogP contribution in [0.2, 0.25) is 0 Å². The number of nitrogens with two attached hydrogens (primary N) is 2. The van der Waals surface area contributed by atoms with E-state index in [-0.39, 0.29) is 39.9 Å². The Balaban J connectivity index is 2.08. The second-order valence-corrected chi connectivity index (χ2v) is 5.49. The zero-order valence-electron chi connectivity index (χ0n) is 13.7. The van der Waals surface area contributed by atoms with E-state index < -0.39 is 17.4 Å². The summed E-state index contributed by atoms with van der Waals surface area (Å²) in [5.41, 5.74) is 11.0. The number of aromatic nitrogens is 4. The lowest BCUT2D eigenvalue weighted by Gasteiger charge is -2.18. The summed E-state index contributed by atoms with van der Waals surface area (Å²) in [5, 5.41) is 12.1. The van der Waals surface area contributed by atoms with Gasteiger partial charge in [0.25, 0.3) is 5.56 Å². The van der Waals surface area contributed by atoms with Crippen molar-refractivity contribution in [2.75, 3.05) is 16.8 Å². The standard InChI is InChI=1S/C16H15FN8O/c1-2-9(21-13-7(6-18)12(19)23-16(20)25-13)14-22-10-5-3-4-8(17)11(10)15(26)24-14/h3-5,9H,2H2,1H3,(H,22,24,26)(H5,19,20,21,23,25). The second-order valence-electron chi connectivity index (χ2n) is 5.49. The minimum absolute atomic E-state index is 0.0341. The number of fused-ring (bicyclic) bond motifs is 1. The maximum absolute atomic E-state index is 13.8. The van der Waals surface area contributed by atoms with E-state index in [4.69, 9.17) is 11.5 Å². The van der Waals surface area contributed by atoms with Crippen LogP contribution in [0.5, 0.6) is 0 Å². The van der Waals surface area contributed by atoms with Gasteiger partial charge in [-0.1, -0.05) is 13.0 Å². The Morgan fingerprint density at radius 1 is 1.35 bits per heavy atom. The van der Waals surface area contributed by atoms with Crippen molar-refractivity contribution >= 4 is 28.5 Å². The van der Waals surface area contributed by atoms with E-state index in [1.165, 1.54) is 12.1 Å². The van der Waals surface area contributed by atoms with Crippen molar-refractivity contribution in [3.8, 4) is 6.07 Å². The number of halogens is 1. The van der Waals surface area contributed by atoms with Gasteiger partial charge in [0.1, 0.15) is 34.5 Å². The molecule has 26 heavy (non-hydrogen) atoms. The van der Waals surface area contributed by atoms with Crippen LogP contribution in [0.4, 0.5) is 22.0 Å². The van der Waals surface area contributed by atoms with E-state index in [9.17, 15) is 14.4 Å². The molecule has 9 nitrogen and oxygen atoms in total. The monoisotopic (exact) mass is 354 g/mol. The quantitative estimate of drug-likeness (QED) is 0.547. The van der Waals surface area contributed by atoms with Crippen LogP contribution in [0.1, 0.15) is 30.8 Å². The fourth-order valence-electron chi connectivity index (χ4n) is 2.57. The molecule has 0 aliphatic rings. The predicted octanol–water partition coefficient (Wildman–Crippen LogP) is 1.45. The zero-order chi connectivity index (χ0) is 18.8. The van der Waals surface area contributed by atoms with Gasteiger partial charge in [0.15, 0.2) is 5.82 Å². The van der Waals surface area contributed by atoms with Crippen LogP contribution < -0.4 is 22.3 Å². The summed E-state index contributed by atoms with van der Waals surface area (Å²) < 4.78 is 13.8. The van der Waals surface area contributed by atoms with Crippen LogP contribution in [-0.4, -0.2) is 19.9 Å². The SMILES string of the molecule is CCC(Nc1nc(N)nc(N)c1C#N)c1nc2cccc(F)c2c(=O)[nH]1. The smallest absolute Gasteiger partial charge is 0.261 e. The third-order valence-corrected chi connectivity index (χ3v) is 3.82. The van der Waals surface area contributed by atoms with Crippen molar-refractivity contribution in [2.24, 2.45) is 0 Å². The van der Waals surface area contributed by atoms with Crippen molar-refractivity contribution in [1.82, 2.24) is 19.9 Å². The largest absolute Gasteiger partial charge is 0.382 e. The van der Waals surface area contributed by atoms with E-state index in [0.29, 0.717) is 6.42 Å². The molecule has 1 atom stereocenters. The van der Waals surface area contributed by atoms with Crippen LogP contribution in [0.3, 0.4) is 0 Å². The van der Waals surface area contributed by atoms with Crippen molar-refractivity contribution in [3.63, 3.8) is 0 Å². The van der Waals surface area contributed by atoms with E-state index in [1.807, 2.05) is 13.0 Å². The van der Waals surface area contributed by atoms with E-state index >= 15 is 0 Å². The summed E-state index contributed by atoms with van der Waals surface area (Å²) in [6, 6.07) is 5.61. The first-order chi connectivity index (χ1) is 12.4. The van der Waals surface area contributed by atoms with Gasteiger partial charge in [0, 0.05) is 0 Å². The molecule has 0 aliphatic carbocycles. The Morgan fingerprint density at radius 3 is 2.81 bits per heavy atom. The minimum atomic E-state index is -0.646. The molecule has 10 heteroatoms. The Morgan fingerprint density at radius 2 is 2.12 bits per heavy atom. The number of nitriles is 1. The number of hydrogen-bond donors (Lipinski definition) is 4. The van der Waals surface area contributed by atoms with E-state index in [1.54, 1.807) is 6.07 Å². The summed E-state index contributed by atoms with van der Waals surface area (Å²) in [7, 11) is 0. The third kappa shape index (κ3) is 2.98. The lowest BCUT2D eigenvalue weighted by atomic mass is 10.1. The number of benzene rings is 1. The van der Waals surface area contributed by atoms with E-state index in [0.717, 1.165) is 0 Å². The second kappa shape index (κ2) is 6.64. The summed E-state index contributed by atoms with van der Waals surface area (Å²) in [6.45, 7) is 1.84. The lowest BCUT2D eigenvalue weighted by Crippen LogP contribution is -2.21. The van der Waals surface area contributed by atoms with Gasteiger partial charge < -0.3 is 21.8 Å². The van der Waals surface area contributed by atoms with Crippen LogP contribution in [-0.2, 0) is 0 Å². The molecule has 0 amide bonds. The average Bonchev–Trinajstić information content (AvgIpc) is 2.59. The molecule has 3 rings (SSSR count). The minimum Gasteiger partial charge on any atom is -0.382 e. The number of aromatic amines is 1. The topological polar surface area (TPSA) is 159 Å². The summed E-state index contributed by atoms with van der Waals surface area (Å²) in [4.78, 5) is 26.9. The predicted molar refractivity (Wildman–Crippen MR) is 94.5 cm³/mol. The number of rotatable bonds is 4. The van der Waals surface area contributed by atoms with Crippen molar-refractivity contribution in [2.45, 2.75) is 19.4 Å². The molecule has 0 fully saturated rings. The van der Waals surface area contributed by atoms with Gasteiger partial charge in [-0.3, -0.25) is 4.79 Å². The highest BCUT2D eigenvalue weighted by Gasteiger charge is 2.19. The zero-order valence-corrected chi connectivity index (χ0v) is 13.7. The molecular formula is C16H15FN8O. The molecule has 3 aromatic rings. The van der Waals surface area contributed by atoms with Gasteiger partial charge in [0.2, 0.25) is 5.95 Å². The summed E-state index contributed by atoms with van der Waals surface area (Å²) >= 11 is 0. The number of nitrogens with zero attached hydrogens (tertiary/aromatic N) is 4. The van der Waals surface area contributed by atoms with Crippen LogP contribution in [0, 0.1) is 17.1 Å². The maximum atomic E-state index is 13.8. The molecule has 0 spiro atoms. The molecule has 0 bridgehead atoms. The highest BCUT2D eigenvalue weighted by atomic mass is 19.1. The van der Waals surface area contributed by atoms with E-state index in [2.05, 4.69) is 25.3 Å².